The van der Waals surface area contributed by atoms with E-state index in [-0.39, 0.29) is 12.1 Å². The van der Waals surface area contributed by atoms with Crippen molar-refractivity contribution in [3.05, 3.63) is 29.6 Å². The molecule has 0 heterocycles. The number of rotatable bonds is 6. The van der Waals surface area contributed by atoms with Crippen molar-refractivity contribution in [2.75, 3.05) is 18.0 Å². The van der Waals surface area contributed by atoms with Gasteiger partial charge in [-0.2, -0.15) is 0 Å². The third kappa shape index (κ3) is 3.43. The molecular formula is C13H15FN2O3. The maximum Gasteiger partial charge on any atom is 0.323 e. The van der Waals surface area contributed by atoms with Gasteiger partial charge in [0.25, 0.3) is 5.91 Å². The standard InChI is InChI=1S/C13H15FN2O3/c14-9-3-4-11(10(5-9)13(15)19)16(7-12(17)18)6-8-1-2-8/h3-5,8H,1-2,6-7H2,(H2,15,19)(H,17,18). The molecule has 2 rings (SSSR count). The lowest BCUT2D eigenvalue weighted by Gasteiger charge is -2.24. The van der Waals surface area contributed by atoms with E-state index in [1.165, 1.54) is 12.1 Å². The van der Waals surface area contributed by atoms with Gasteiger partial charge in [-0.05, 0) is 37.0 Å². The molecule has 102 valence electrons. The van der Waals surface area contributed by atoms with E-state index >= 15 is 0 Å². The van der Waals surface area contributed by atoms with E-state index in [1.807, 2.05) is 0 Å². The summed E-state index contributed by atoms with van der Waals surface area (Å²) in [5.41, 5.74) is 5.61. The van der Waals surface area contributed by atoms with Crippen molar-refractivity contribution in [3.63, 3.8) is 0 Å². The molecule has 0 saturated heterocycles. The summed E-state index contributed by atoms with van der Waals surface area (Å²) < 4.78 is 13.2. The first-order valence-corrected chi connectivity index (χ1v) is 6.03. The Morgan fingerprint density at radius 2 is 2.11 bits per heavy atom. The van der Waals surface area contributed by atoms with Crippen molar-refractivity contribution < 1.29 is 19.1 Å². The zero-order chi connectivity index (χ0) is 14.0. The molecule has 1 aliphatic carbocycles. The van der Waals surface area contributed by atoms with Gasteiger partial charge >= 0.3 is 5.97 Å². The number of aliphatic carboxylic acids is 1. The van der Waals surface area contributed by atoms with Crippen LogP contribution in [0, 0.1) is 11.7 Å². The molecule has 0 aromatic heterocycles. The van der Waals surface area contributed by atoms with Gasteiger partial charge in [0.15, 0.2) is 0 Å². The van der Waals surface area contributed by atoms with Gasteiger partial charge in [-0.3, -0.25) is 9.59 Å². The molecule has 1 aromatic carbocycles. The molecular weight excluding hydrogens is 251 g/mol. The van der Waals surface area contributed by atoms with Crippen LogP contribution in [-0.4, -0.2) is 30.1 Å². The van der Waals surface area contributed by atoms with Crippen molar-refractivity contribution in [2.45, 2.75) is 12.8 Å². The van der Waals surface area contributed by atoms with Crippen molar-refractivity contribution >= 4 is 17.6 Å². The summed E-state index contributed by atoms with van der Waals surface area (Å²) >= 11 is 0. The second kappa shape index (κ2) is 5.26. The van der Waals surface area contributed by atoms with Gasteiger partial charge in [0, 0.05) is 6.54 Å². The lowest BCUT2D eigenvalue weighted by Crippen LogP contribution is -2.33. The van der Waals surface area contributed by atoms with Crippen molar-refractivity contribution in [1.29, 1.82) is 0 Å². The number of primary amides is 1. The van der Waals surface area contributed by atoms with Crippen LogP contribution in [0.1, 0.15) is 23.2 Å². The first-order valence-electron chi connectivity index (χ1n) is 6.03. The number of anilines is 1. The first kappa shape index (κ1) is 13.3. The Hall–Kier alpha value is -2.11. The number of amides is 1. The molecule has 1 saturated carbocycles. The van der Waals surface area contributed by atoms with Gasteiger partial charge < -0.3 is 15.7 Å². The van der Waals surface area contributed by atoms with Crippen LogP contribution in [0.25, 0.3) is 0 Å². The monoisotopic (exact) mass is 266 g/mol. The molecule has 0 spiro atoms. The topological polar surface area (TPSA) is 83.6 Å². The molecule has 1 fully saturated rings. The van der Waals surface area contributed by atoms with Crippen molar-refractivity contribution in [3.8, 4) is 0 Å². The van der Waals surface area contributed by atoms with Crippen LogP contribution in [0.15, 0.2) is 18.2 Å². The van der Waals surface area contributed by atoms with Crippen LogP contribution in [-0.2, 0) is 4.79 Å². The largest absolute Gasteiger partial charge is 0.480 e. The quantitative estimate of drug-likeness (QED) is 0.811. The van der Waals surface area contributed by atoms with Gasteiger partial charge in [0.1, 0.15) is 12.4 Å². The normalized spacial score (nSPS) is 14.2. The van der Waals surface area contributed by atoms with Crippen LogP contribution < -0.4 is 10.6 Å². The highest BCUT2D eigenvalue weighted by molar-refractivity contribution is 5.99. The lowest BCUT2D eigenvalue weighted by atomic mass is 10.1. The van der Waals surface area contributed by atoms with E-state index in [0.29, 0.717) is 18.2 Å². The number of hydrogen-bond donors (Lipinski definition) is 2. The molecule has 1 aromatic rings. The van der Waals surface area contributed by atoms with E-state index in [2.05, 4.69) is 0 Å². The molecule has 0 bridgehead atoms. The van der Waals surface area contributed by atoms with Gasteiger partial charge in [-0.25, -0.2) is 4.39 Å². The molecule has 0 atom stereocenters. The highest BCUT2D eigenvalue weighted by atomic mass is 19.1. The minimum absolute atomic E-state index is 0.0156. The molecule has 0 radical (unpaired) electrons. The first-order chi connectivity index (χ1) is 8.97. The Kier molecular flexibility index (Phi) is 3.69. The minimum Gasteiger partial charge on any atom is -0.480 e. The zero-order valence-corrected chi connectivity index (χ0v) is 10.3. The predicted molar refractivity (Wildman–Crippen MR) is 67.5 cm³/mol. The van der Waals surface area contributed by atoms with Gasteiger partial charge in [0.05, 0.1) is 11.3 Å². The maximum absolute atomic E-state index is 13.2. The van der Waals surface area contributed by atoms with Crippen LogP contribution in [0.3, 0.4) is 0 Å². The van der Waals surface area contributed by atoms with Crippen molar-refractivity contribution in [2.24, 2.45) is 11.7 Å². The van der Waals surface area contributed by atoms with Crippen LogP contribution in [0.4, 0.5) is 10.1 Å². The number of hydrogen-bond acceptors (Lipinski definition) is 3. The highest BCUT2D eigenvalue weighted by Gasteiger charge is 2.27. The summed E-state index contributed by atoms with van der Waals surface area (Å²) in [7, 11) is 0. The fourth-order valence-electron chi connectivity index (χ4n) is 2.00. The van der Waals surface area contributed by atoms with E-state index in [4.69, 9.17) is 10.8 Å². The molecule has 5 nitrogen and oxygen atoms in total. The van der Waals surface area contributed by atoms with Gasteiger partial charge in [-0.1, -0.05) is 0 Å². The summed E-state index contributed by atoms with van der Waals surface area (Å²) in [5.74, 6) is -1.90. The minimum atomic E-state index is -1.000. The number of carbonyl (C=O) groups excluding carboxylic acids is 1. The number of carboxylic acids is 1. The van der Waals surface area contributed by atoms with Crippen LogP contribution in [0.5, 0.6) is 0 Å². The third-order valence-corrected chi connectivity index (χ3v) is 3.07. The molecule has 0 unspecified atom stereocenters. The Bertz CT molecular complexity index is 515. The number of carboxylic acid groups (broad SMARTS) is 1. The maximum atomic E-state index is 13.2. The second-order valence-corrected chi connectivity index (χ2v) is 4.74. The van der Waals surface area contributed by atoms with E-state index in [0.717, 1.165) is 18.9 Å². The lowest BCUT2D eigenvalue weighted by molar-refractivity contribution is -0.135. The summed E-state index contributed by atoms with van der Waals surface area (Å²) in [5, 5.41) is 8.93. The summed E-state index contributed by atoms with van der Waals surface area (Å²) in [6.45, 7) is 0.306. The molecule has 19 heavy (non-hydrogen) atoms. The highest BCUT2D eigenvalue weighted by Crippen LogP contribution is 2.32. The number of halogens is 1. The van der Waals surface area contributed by atoms with E-state index in [9.17, 15) is 14.0 Å². The fourth-order valence-corrected chi connectivity index (χ4v) is 2.00. The summed E-state index contributed by atoms with van der Waals surface area (Å²) in [6.07, 6.45) is 2.09. The number of carbonyl (C=O) groups is 2. The summed E-state index contributed by atoms with van der Waals surface area (Å²) in [4.78, 5) is 23.8. The zero-order valence-electron chi connectivity index (χ0n) is 10.3. The van der Waals surface area contributed by atoms with E-state index < -0.39 is 17.7 Å². The molecule has 3 N–H and O–H groups in total. The second-order valence-electron chi connectivity index (χ2n) is 4.74. The Labute approximate surface area is 109 Å². The Morgan fingerprint density at radius 3 is 2.63 bits per heavy atom. The average molecular weight is 266 g/mol. The Morgan fingerprint density at radius 1 is 1.42 bits per heavy atom. The molecule has 1 amide bonds. The van der Waals surface area contributed by atoms with Crippen LogP contribution in [0.2, 0.25) is 0 Å². The molecule has 1 aliphatic rings. The summed E-state index contributed by atoms with van der Waals surface area (Å²) in [6, 6.07) is 3.64. The average Bonchev–Trinajstić information content (AvgIpc) is 3.11. The third-order valence-electron chi connectivity index (χ3n) is 3.07. The number of nitrogens with two attached hydrogens (primary N) is 1. The predicted octanol–water partition coefficient (Wildman–Crippen LogP) is 1.23. The van der Waals surface area contributed by atoms with Gasteiger partial charge in [-0.15, -0.1) is 0 Å². The fraction of sp³-hybridized carbons (Fsp3) is 0.385. The molecule has 0 aliphatic heterocycles. The smallest absolute Gasteiger partial charge is 0.323 e. The van der Waals surface area contributed by atoms with E-state index in [1.54, 1.807) is 4.90 Å². The van der Waals surface area contributed by atoms with Crippen molar-refractivity contribution in [1.82, 2.24) is 0 Å². The number of benzene rings is 1. The van der Waals surface area contributed by atoms with Crippen LogP contribution >= 0.6 is 0 Å². The SMILES string of the molecule is NC(=O)c1cc(F)ccc1N(CC(=O)O)CC1CC1. The van der Waals surface area contributed by atoms with Gasteiger partial charge in [0.2, 0.25) is 0 Å². The molecule has 6 heteroatoms. The number of nitrogens with zero attached hydrogens (tertiary/aromatic N) is 1. The Balaban J connectivity index is 2.33.